The average molecular weight is 407 g/mol. The molecule has 0 bridgehead atoms. The van der Waals surface area contributed by atoms with E-state index >= 15 is 0 Å². The summed E-state index contributed by atoms with van der Waals surface area (Å²) in [6, 6.07) is 10.6. The summed E-state index contributed by atoms with van der Waals surface area (Å²) < 4.78 is 0.856. The van der Waals surface area contributed by atoms with Crippen molar-refractivity contribution in [3.05, 3.63) is 50.6 Å². The molecule has 24 heavy (non-hydrogen) atoms. The quantitative estimate of drug-likeness (QED) is 0.768. The topological polar surface area (TPSA) is 73.8 Å². The minimum Gasteiger partial charge on any atom is -0.267 e. The summed E-state index contributed by atoms with van der Waals surface area (Å²) >= 11 is 4.59. The first-order valence-corrected chi connectivity index (χ1v) is 8.91. The third-order valence-electron chi connectivity index (χ3n) is 3.49. The molecular formula is C16H15BrN4O2S. The predicted molar refractivity (Wildman–Crippen MR) is 98.5 cm³/mol. The molecule has 2 heterocycles. The number of carbonyl (C=O) groups excluding carboxylic acids is 2. The molecule has 0 spiro atoms. The van der Waals surface area contributed by atoms with E-state index in [0.29, 0.717) is 10.4 Å². The largest absolute Gasteiger partial charge is 0.279 e. The highest BCUT2D eigenvalue weighted by molar-refractivity contribution is 9.11. The molecule has 1 aromatic heterocycles. The molecule has 0 saturated heterocycles. The maximum atomic E-state index is 12.1. The number of halogens is 1. The smallest absolute Gasteiger partial charge is 0.267 e. The van der Waals surface area contributed by atoms with Gasteiger partial charge in [0.15, 0.2) is 0 Å². The first kappa shape index (κ1) is 16.7. The first-order valence-electron chi connectivity index (χ1n) is 7.30. The molecule has 2 amide bonds. The minimum absolute atomic E-state index is 0.349. The van der Waals surface area contributed by atoms with Gasteiger partial charge in [-0.3, -0.25) is 25.4 Å². The van der Waals surface area contributed by atoms with Gasteiger partial charge >= 0.3 is 0 Å². The minimum atomic E-state index is -0.369. The number of rotatable bonds is 3. The molecule has 0 radical (unpaired) electrons. The van der Waals surface area contributed by atoms with Gasteiger partial charge in [0.05, 0.1) is 14.4 Å². The van der Waals surface area contributed by atoms with Crippen LogP contribution in [0.1, 0.15) is 33.4 Å². The molecule has 0 aliphatic carbocycles. The lowest BCUT2D eigenvalue weighted by Crippen LogP contribution is -2.41. The van der Waals surface area contributed by atoms with Gasteiger partial charge in [-0.25, -0.2) is 0 Å². The Kier molecular flexibility index (Phi) is 4.96. The third kappa shape index (κ3) is 3.82. The maximum Gasteiger partial charge on any atom is 0.279 e. The van der Waals surface area contributed by atoms with Crippen LogP contribution in [0.25, 0.3) is 0 Å². The molecule has 0 atom stereocenters. The lowest BCUT2D eigenvalue weighted by atomic mass is 10.2. The van der Waals surface area contributed by atoms with Crippen LogP contribution in [0.15, 0.2) is 45.3 Å². The Morgan fingerprint density at radius 1 is 1.12 bits per heavy atom. The lowest BCUT2D eigenvalue weighted by molar-refractivity contribution is 0.0849. The van der Waals surface area contributed by atoms with Crippen molar-refractivity contribution in [3.8, 4) is 0 Å². The van der Waals surface area contributed by atoms with Crippen molar-refractivity contribution in [2.75, 3.05) is 11.6 Å². The van der Waals surface area contributed by atoms with Crippen molar-refractivity contribution in [3.63, 3.8) is 0 Å². The van der Waals surface area contributed by atoms with Gasteiger partial charge in [0, 0.05) is 24.2 Å². The van der Waals surface area contributed by atoms with Crippen molar-refractivity contribution in [2.24, 2.45) is 5.10 Å². The Labute approximate surface area is 151 Å². The van der Waals surface area contributed by atoms with Crippen LogP contribution in [0.5, 0.6) is 0 Å². The molecule has 124 valence electrons. The van der Waals surface area contributed by atoms with E-state index in [-0.39, 0.29) is 11.8 Å². The monoisotopic (exact) mass is 406 g/mol. The number of nitrogens with one attached hydrogen (secondary N) is 2. The van der Waals surface area contributed by atoms with E-state index in [9.17, 15) is 9.59 Å². The number of nitrogens with zero attached hydrogens (tertiary/aromatic N) is 2. The first-order chi connectivity index (χ1) is 11.5. The molecular weight excluding hydrogens is 392 g/mol. The van der Waals surface area contributed by atoms with Crippen molar-refractivity contribution in [2.45, 2.75) is 13.3 Å². The highest BCUT2D eigenvalue weighted by atomic mass is 79.9. The number of anilines is 1. The number of carbonyl (C=O) groups is 2. The number of benzene rings is 1. The van der Waals surface area contributed by atoms with E-state index < -0.39 is 0 Å². The fourth-order valence-corrected chi connectivity index (χ4v) is 3.51. The van der Waals surface area contributed by atoms with E-state index in [1.165, 1.54) is 11.3 Å². The van der Waals surface area contributed by atoms with Crippen LogP contribution >= 0.6 is 27.3 Å². The Morgan fingerprint density at radius 2 is 1.83 bits per heavy atom. The maximum absolute atomic E-state index is 12.1. The van der Waals surface area contributed by atoms with Gasteiger partial charge in [-0.2, -0.15) is 5.10 Å². The van der Waals surface area contributed by atoms with E-state index in [1.807, 2.05) is 24.1 Å². The Balaban J connectivity index is 1.58. The van der Waals surface area contributed by atoms with Crippen LogP contribution in [0.2, 0.25) is 0 Å². The highest BCUT2D eigenvalue weighted by Gasteiger charge is 2.14. The molecule has 0 unspecified atom stereocenters. The Morgan fingerprint density at radius 3 is 2.42 bits per heavy atom. The zero-order chi connectivity index (χ0) is 17.1. The summed E-state index contributed by atoms with van der Waals surface area (Å²) in [5, 5.41) is 6.33. The number of hydrazone groups is 1. The predicted octanol–water partition coefficient (Wildman–Crippen LogP) is 3.17. The van der Waals surface area contributed by atoms with Crippen LogP contribution < -0.4 is 15.9 Å². The molecule has 1 aliphatic rings. The van der Waals surface area contributed by atoms with Crippen LogP contribution in [0.3, 0.4) is 0 Å². The summed E-state index contributed by atoms with van der Waals surface area (Å²) in [5.74, 6) is -0.718. The van der Waals surface area contributed by atoms with Gasteiger partial charge in [-0.15, -0.1) is 11.3 Å². The molecule has 8 heteroatoms. The van der Waals surface area contributed by atoms with Crippen molar-refractivity contribution >= 4 is 50.5 Å². The lowest BCUT2D eigenvalue weighted by Gasteiger charge is -2.14. The molecule has 1 aromatic carbocycles. The van der Waals surface area contributed by atoms with E-state index in [2.05, 4.69) is 31.9 Å². The number of amides is 2. The SMILES string of the molecule is CC1=NN(c2ccc(C(=O)NNC(=O)c3ccc(Br)s3)cc2)CC1. The second kappa shape index (κ2) is 7.14. The fourth-order valence-electron chi connectivity index (χ4n) is 2.23. The third-order valence-corrected chi connectivity index (χ3v) is 5.11. The number of hydrogen-bond donors (Lipinski definition) is 2. The number of hydrazine groups is 1. The second-order valence-corrected chi connectivity index (χ2v) is 7.73. The zero-order valence-corrected chi connectivity index (χ0v) is 15.3. The highest BCUT2D eigenvalue weighted by Crippen LogP contribution is 2.22. The average Bonchev–Trinajstić information content (AvgIpc) is 3.21. The Hall–Kier alpha value is -2.19. The summed E-state index contributed by atoms with van der Waals surface area (Å²) in [6.07, 6.45) is 0.951. The number of hydrogen-bond acceptors (Lipinski definition) is 5. The van der Waals surface area contributed by atoms with Crippen molar-refractivity contribution in [1.29, 1.82) is 0 Å². The van der Waals surface area contributed by atoms with E-state index in [1.54, 1.807) is 24.3 Å². The van der Waals surface area contributed by atoms with Crippen LogP contribution in [-0.4, -0.2) is 24.1 Å². The summed E-state index contributed by atoms with van der Waals surface area (Å²) in [4.78, 5) is 24.5. The van der Waals surface area contributed by atoms with E-state index in [4.69, 9.17) is 0 Å². The standard InChI is InChI=1S/C16H15BrN4O2S/c1-10-8-9-21(20-10)12-4-2-11(3-5-12)15(22)18-19-16(23)13-6-7-14(17)24-13/h2-7H,8-9H2,1H3,(H,18,22)(H,19,23). The molecule has 0 fully saturated rings. The molecule has 3 rings (SSSR count). The van der Waals surface area contributed by atoms with Gasteiger partial charge in [0.25, 0.3) is 11.8 Å². The molecule has 2 N–H and O–H groups in total. The van der Waals surface area contributed by atoms with Crippen LogP contribution in [0.4, 0.5) is 5.69 Å². The van der Waals surface area contributed by atoms with Gasteiger partial charge in [0.1, 0.15) is 0 Å². The van der Waals surface area contributed by atoms with Crippen molar-refractivity contribution in [1.82, 2.24) is 10.9 Å². The van der Waals surface area contributed by atoms with Gasteiger partial charge in [-0.05, 0) is 59.3 Å². The van der Waals surface area contributed by atoms with Gasteiger partial charge in [-0.1, -0.05) is 0 Å². The summed E-state index contributed by atoms with van der Waals surface area (Å²) in [7, 11) is 0. The molecule has 0 saturated carbocycles. The second-order valence-electron chi connectivity index (χ2n) is 5.27. The molecule has 6 nitrogen and oxygen atoms in total. The normalized spacial score (nSPS) is 13.6. The van der Waals surface area contributed by atoms with Crippen molar-refractivity contribution < 1.29 is 9.59 Å². The Bertz CT molecular complexity index is 801. The molecule has 1 aliphatic heterocycles. The van der Waals surface area contributed by atoms with Crippen LogP contribution in [-0.2, 0) is 0 Å². The van der Waals surface area contributed by atoms with Gasteiger partial charge < -0.3 is 0 Å². The zero-order valence-electron chi connectivity index (χ0n) is 12.9. The summed E-state index contributed by atoms with van der Waals surface area (Å²) in [6.45, 7) is 2.85. The van der Waals surface area contributed by atoms with Gasteiger partial charge in [0.2, 0.25) is 0 Å². The van der Waals surface area contributed by atoms with E-state index in [0.717, 1.165) is 28.2 Å². The number of thiophene rings is 1. The summed E-state index contributed by atoms with van der Waals surface area (Å²) in [5.41, 5.74) is 7.32. The fraction of sp³-hybridized carbons (Fsp3) is 0.188. The van der Waals surface area contributed by atoms with Crippen LogP contribution in [0, 0.1) is 0 Å². The molecule has 2 aromatic rings.